The van der Waals surface area contributed by atoms with Crippen molar-refractivity contribution in [3.8, 4) is 0 Å². The van der Waals surface area contributed by atoms with Crippen molar-refractivity contribution in [3.05, 3.63) is 128 Å². The van der Waals surface area contributed by atoms with Gasteiger partial charge in [-0.3, -0.25) is 4.79 Å². The number of amides is 3. The molecule has 1 heterocycles. The van der Waals surface area contributed by atoms with Crippen LogP contribution in [0, 0.1) is 0 Å². The zero-order valence-electron chi connectivity index (χ0n) is 21.2. The van der Waals surface area contributed by atoms with Crippen LogP contribution in [0.5, 0.6) is 0 Å². The Morgan fingerprint density at radius 3 is 2.38 bits per heavy atom. The molecule has 1 unspecified atom stereocenters. The molecule has 9 nitrogen and oxygen atoms in total. The Labute approximate surface area is 231 Å². The lowest BCUT2D eigenvalue weighted by Crippen LogP contribution is -2.48. The molecule has 0 saturated carbocycles. The molecule has 10 heteroatoms. The number of nitrogens with zero attached hydrogens (tertiary/aromatic N) is 3. The number of carbonyl (C=O) groups excluding carboxylic acids is 2. The summed E-state index contributed by atoms with van der Waals surface area (Å²) in [6.07, 6.45) is 0.673. The molecule has 3 N–H and O–H groups in total. The van der Waals surface area contributed by atoms with Crippen molar-refractivity contribution in [1.29, 1.82) is 0 Å². The van der Waals surface area contributed by atoms with Gasteiger partial charge >= 0.3 is 6.03 Å². The van der Waals surface area contributed by atoms with Gasteiger partial charge in [0.05, 0.1) is 30.5 Å². The monoisotopic (exact) mass is 544 g/mol. The second-order valence-electron chi connectivity index (χ2n) is 8.90. The maximum atomic E-state index is 13.7. The Morgan fingerprint density at radius 2 is 1.74 bits per heavy atom. The third-order valence-corrected chi connectivity index (χ3v) is 6.58. The van der Waals surface area contributed by atoms with Gasteiger partial charge < -0.3 is 20.7 Å². The third kappa shape index (κ3) is 7.61. The predicted molar refractivity (Wildman–Crippen MR) is 150 cm³/mol. The van der Waals surface area contributed by atoms with Gasteiger partial charge in [0, 0.05) is 28.9 Å². The average molecular weight is 545 g/mol. The lowest BCUT2D eigenvalue weighted by Gasteiger charge is -2.30. The third-order valence-electron chi connectivity index (χ3n) is 6.35. The molecule has 1 atom stereocenters. The largest absolute Gasteiger partial charge is 0.375 e. The van der Waals surface area contributed by atoms with Crippen LogP contribution in [0.2, 0.25) is 5.02 Å². The summed E-state index contributed by atoms with van der Waals surface area (Å²) >= 11 is 6.22. The molecular weight excluding hydrogens is 516 g/mol. The Bertz CT molecular complexity index is 1320. The van der Waals surface area contributed by atoms with Crippen molar-refractivity contribution in [2.45, 2.75) is 18.4 Å². The fourth-order valence-electron chi connectivity index (χ4n) is 4.58. The van der Waals surface area contributed by atoms with Crippen LogP contribution in [0.4, 0.5) is 4.79 Å². The standard InChI is InChI=1S/C29H29ClN6O3/c30-23-13-7-12-22(18-23)27-26(25(34-29(38)35-27)19-39-17-16-33-36-31)28(37)32-15-14-24(20-8-3-1-4-9-20)21-10-5-2-6-11-21/h1-13,18,24,27H,14-17,19H2,(H,32,37)(H2,34,35,38). The van der Waals surface area contributed by atoms with E-state index in [4.69, 9.17) is 21.9 Å². The van der Waals surface area contributed by atoms with Gasteiger partial charge in [0.2, 0.25) is 0 Å². The number of hydrogen-bond acceptors (Lipinski definition) is 4. The number of ether oxygens (including phenoxy) is 1. The van der Waals surface area contributed by atoms with Gasteiger partial charge in [-0.1, -0.05) is 89.5 Å². The van der Waals surface area contributed by atoms with Crippen LogP contribution in [-0.4, -0.2) is 38.2 Å². The SMILES string of the molecule is [N-]=[N+]=NCCOCC1=C(C(=O)NCCC(c2ccccc2)c2ccccc2)C(c2cccc(Cl)c2)NC(=O)N1. The fourth-order valence-corrected chi connectivity index (χ4v) is 4.78. The highest BCUT2D eigenvalue weighted by molar-refractivity contribution is 6.30. The number of rotatable bonds is 12. The highest BCUT2D eigenvalue weighted by Crippen LogP contribution is 2.30. The fraction of sp³-hybridized carbons (Fsp3) is 0.241. The van der Waals surface area contributed by atoms with Gasteiger partial charge in [-0.05, 0) is 40.8 Å². The number of nitrogens with one attached hydrogen (secondary N) is 3. The van der Waals surface area contributed by atoms with Crippen molar-refractivity contribution in [1.82, 2.24) is 16.0 Å². The molecule has 0 aliphatic carbocycles. The van der Waals surface area contributed by atoms with E-state index in [0.717, 1.165) is 11.1 Å². The lowest BCUT2D eigenvalue weighted by molar-refractivity contribution is -0.118. The number of hydrogen-bond donors (Lipinski definition) is 3. The van der Waals surface area contributed by atoms with Crippen molar-refractivity contribution in [3.63, 3.8) is 0 Å². The topological polar surface area (TPSA) is 128 Å². The zero-order chi connectivity index (χ0) is 27.5. The quantitative estimate of drug-likeness (QED) is 0.118. The van der Waals surface area contributed by atoms with Crippen LogP contribution in [0.3, 0.4) is 0 Å². The van der Waals surface area contributed by atoms with Crippen LogP contribution < -0.4 is 16.0 Å². The molecule has 3 aromatic rings. The maximum absolute atomic E-state index is 13.7. The summed E-state index contributed by atoms with van der Waals surface area (Å²) in [6.45, 7) is 0.641. The summed E-state index contributed by atoms with van der Waals surface area (Å²) in [5, 5.41) is 12.5. The van der Waals surface area contributed by atoms with E-state index in [-0.39, 0.29) is 31.6 Å². The molecule has 0 radical (unpaired) electrons. The molecule has 200 valence electrons. The number of carbonyl (C=O) groups is 2. The summed E-state index contributed by atoms with van der Waals surface area (Å²) in [5.41, 5.74) is 12.1. The molecule has 0 spiro atoms. The number of azide groups is 1. The van der Waals surface area contributed by atoms with E-state index >= 15 is 0 Å². The van der Waals surface area contributed by atoms with Gasteiger partial charge in [0.25, 0.3) is 5.91 Å². The first-order chi connectivity index (χ1) is 19.1. The minimum absolute atomic E-state index is 0.0369. The summed E-state index contributed by atoms with van der Waals surface area (Å²) in [6, 6.07) is 26.2. The Morgan fingerprint density at radius 1 is 1.05 bits per heavy atom. The molecule has 0 aromatic heterocycles. The van der Waals surface area contributed by atoms with Crippen molar-refractivity contribution in [2.75, 3.05) is 26.3 Å². The highest BCUT2D eigenvalue weighted by Gasteiger charge is 2.33. The maximum Gasteiger partial charge on any atom is 0.319 e. The molecule has 0 saturated heterocycles. The molecule has 3 amide bonds. The zero-order valence-corrected chi connectivity index (χ0v) is 22.0. The van der Waals surface area contributed by atoms with E-state index in [0.29, 0.717) is 34.8 Å². The first-order valence-electron chi connectivity index (χ1n) is 12.6. The average Bonchev–Trinajstić information content (AvgIpc) is 2.95. The van der Waals surface area contributed by atoms with Crippen molar-refractivity contribution >= 4 is 23.5 Å². The van der Waals surface area contributed by atoms with E-state index < -0.39 is 12.1 Å². The number of halogens is 1. The van der Waals surface area contributed by atoms with Gasteiger partial charge in [-0.15, -0.1) is 0 Å². The molecule has 1 aliphatic rings. The first-order valence-corrected chi connectivity index (χ1v) is 13.0. The number of benzene rings is 3. The second kappa shape index (κ2) is 14.0. The number of urea groups is 1. The summed E-state index contributed by atoms with van der Waals surface area (Å²) < 4.78 is 5.60. The Balaban J connectivity index is 1.56. The molecular formula is C29H29ClN6O3. The van der Waals surface area contributed by atoms with Crippen molar-refractivity contribution < 1.29 is 14.3 Å². The molecule has 0 bridgehead atoms. The summed E-state index contributed by atoms with van der Waals surface area (Å²) in [4.78, 5) is 28.9. The molecule has 39 heavy (non-hydrogen) atoms. The van der Waals surface area contributed by atoms with E-state index in [9.17, 15) is 9.59 Å². The van der Waals surface area contributed by atoms with Crippen LogP contribution >= 0.6 is 11.6 Å². The van der Waals surface area contributed by atoms with Crippen LogP contribution in [0.1, 0.15) is 35.1 Å². The van der Waals surface area contributed by atoms with Gasteiger partial charge in [-0.25, -0.2) is 4.79 Å². The predicted octanol–water partition coefficient (Wildman–Crippen LogP) is 5.61. The van der Waals surface area contributed by atoms with E-state index in [1.54, 1.807) is 24.3 Å². The normalized spacial score (nSPS) is 14.8. The second-order valence-corrected chi connectivity index (χ2v) is 9.34. The van der Waals surface area contributed by atoms with E-state index in [2.05, 4.69) is 50.2 Å². The minimum atomic E-state index is -0.729. The molecule has 3 aromatic carbocycles. The Kier molecular flexibility index (Phi) is 9.97. The minimum Gasteiger partial charge on any atom is -0.375 e. The van der Waals surface area contributed by atoms with Crippen LogP contribution in [-0.2, 0) is 9.53 Å². The molecule has 1 aliphatic heterocycles. The van der Waals surface area contributed by atoms with Gasteiger partial charge in [-0.2, -0.15) is 0 Å². The highest BCUT2D eigenvalue weighted by atomic mass is 35.5. The van der Waals surface area contributed by atoms with Crippen LogP contribution in [0.25, 0.3) is 10.4 Å². The Hall–Kier alpha value is -4.30. The lowest BCUT2D eigenvalue weighted by atomic mass is 9.88. The summed E-state index contributed by atoms with van der Waals surface area (Å²) in [5.74, 6) is -0.237. The summed E-state index contributed by atoms with van der Waals surface area (Å²) in [7, 11) is 0. The first kappa shape index (κ1) is 27.7. The van der Waals surface area contributed by atoms with Gasteiger partial charge in [0.1, 0.15) is 0 Å². The van der Waals surface area contributed by atoms with Crippen molar-refractivity contribution in [2.24, 2.45) is 5.11 Å². The molecule has 0 fully saturated rings. The molecule has 4 rings (SSSR count). The van der Waals surface area contributed by atoms with E-state index in [1.165, 1.54) is 0 Å². The van der Waals surface area contributed by atoms with E-state index in [1.807, 2.05) is 36.4 Å². The smallest absolute Gasteiger partial charge is 0.319 e. The van der Waals surface area contributed by atoms with Crippen LogP contribution in [0.15, 0.2) is 101 Å². The van der Waals surface area contributed by atoms with Gasteiger partial charge in [0.15, 0.2) is 0 Å².